The molecular formula is C13H18N2O4. The largest absolute Gasteiger partial charge is 0.389 e. The maximum Gasteiger partial charge on any atom is 0.293 e. The Labute approximate surface area is 111 Å². The molecule has 1 N–H and O–H groups in total. The minimum atomic E-state index is -0.970. The molecule has 0 spiro atoms. The highest BCUT2D eigenvalue weighted by molar-refractivity contribution is 5.95. The predicted octanol–water partition coefficient (Wildman–Crippen LogP) is 2.00. The van der Waals surface area contributed by atoms with Gasteiger partial charge < -0.3 is 10.0 Å². The Morgan fingerprint density at radius 1 is 1.47 bits per heavy atom. The topological polar surface area (TPSA) is 83.7 Å². The summed E-state index contributed by atoms with van der Waals surface area (Å²) in [6.07, 6.45) is 0. The summed E-state index contributed by atoms with van der Waals surface area (Å²) in [6, 6.07) is 4.34. The van der Waals surface area contributed by atoms with Crippen LogP contribution in [0.25, 0.3) is 0 Å². The standard InChI is InChI=1S/C13H18N2O4/c1-9(16)10-5-6-11(12(7-10)15(18)19)14(4)8-13(2,3)17/h5-7,17H,8H2,1-4H3. The minimum Gasteiger partial charge on any atom is -0.389 e. The second kappa shape index (κ2) is 5.36. The lowest BCUT2D eigenvalue weighted by Gasteiger charge is -2.27. The third kappa shape index (κ3) is 4.03. The molecular weight excluding hydrogens is 248 g/mol. The van der Waals surface area contributed by atoms with Gasteiger partial charge in [-0.2, -0.15) is 0 Å². The number of benzene rings is 1. The molecule has 0 radical (unpaired) electrons. The van der Waals surface area contributed by atoms with Gasteiger partial charge in [0.05, 0.1) is 10.5 Å². The molecule has 1 aromatic rings. The molecule has 0 aromatic heterocycles. The number of hydrogen-bond donors (Lipinski definition) is 1. The van der Waals surface area contributed by atoms with Crippen molar-refractivity contribution in [1.29, 1.82) is 0 Å². The van der Waals surface area contributed by atoms with Gasteiger partial charge in [0.2, 0.25) is 0 Å². The molecule has 0 saturated heterocycles. The number of nitro benzene ring substituents is 1. The van der Waals surface area contributed by atoms with Crippen molar-refractivity contribution < 1.29 is 14.8 Å². The van der Waals surface area contributed by atoms with Crippen LogP contribution in [0.1, 0.15) is 31.1 Å². The molecule has 0 heterocycles. The van der Waals surface area contributed by atoms with Crippen LogP contribution in [0.5, 0.6) is 0 Å². The summed E-state index contributed by atoms with van der Waals surface area (Å²) in [7, 11) is 1.66. The fraction of sp³-hybridized carbons (Fsp3) is 0.462. The van der Waals surface area contributed by atoms with Crippen LogP contribution in [-0.2, 0) is 0 Å². The molecule has 104 valence electrons. The Balaban J connectivity index is 3.20. The Kier molecular flexibility index (Phi) is 4.26. The van der Waals surface area contributed by atoms with E-state index in [9.17, 15) is 20.0 Å². The Morgan fingerprint density at radius 3 is 2.47 bits per heavy atom. The van der Waals surface area contributed by atoms with E-state index >= 15 is 0 Å². The fourth-order valence-electron chi connectivity index (χ4n) is 1.88. The normalized spacial score (nSPS) is 11.2. The van der Waals surface area contributed by atoms with Gasteiger partial charge in [0.1, 0.15) is 5.69 Å². The lowest BCUT2D eigenvalue weighted by Crippen LogP contribution is -2.36. The average molecular weight is 266 g/mol. The highest BCUT2D eigenvalue weighted by Crippen LogP contribution is 2.29. The molecule has 0 atom stereocenters. The highest BCUT2D eigenvalue weighted by atomic mass is 16.6. The molecule has 0 bridgehead atoms. The van der Waals surface area contributed by atoms with E-state index < -0.39 is 10.5 Å². The summed E-state index contributed by atoms with van der Waals surface area (Å²) in [5, 5.41) is 20.8. The average Bonchev–Trinajstić information content (AvgIpc) is 2.25. The quantitative estimate of drug-likeness (QED) is 0.500. The third-order valence-electron chi connectivity index (χ3n) is 2.61. The molecule has 1 rings (SSSR count). The van der Waals surface area contributed by atoms with Crippen molar-refractivity contribution in [1.82, 2.24) is 0 Å². The number of hydrogen-bond acceptors (Lipinski definition) is 5. The smallest absolute Gasteiger partial charge is 0.293 e. The zero-order chi connectivity index (χ0) is 14.8. The third-order valence-corrected chi connectivity index (χ3v) is 2.61. The Morgan fingerprint density at radius 2 is 2.05 bits per heavy atom. The summed E-state index contributed by atoms with van der Waals surface area (Å²) in [5.41, 5.74) is -0.439. The number of carbonyl (C=O) groups is 1. The van der Waals surface area contributed by atoms with E-state index in [0.29, 0.717) is 11.3 Å². The van der Waals surface area contributed by atoms with Crippen LogP contribution in [0.2, 0.25) is 0 Å². The van der Waals surface area contributed by atoms with Crippen LogP contribution in [0.4, 0.5) is 11.4 Å². The Bertz CT molecular complexity index is 506. The molecule has 0 fully saturated rings. The van der Waals surface area contributed by atoms with Crippen molar-refractivity contribution in [2.75, 3.05) is 18.5 Å². The van der Waals surface area contributed by atoms with E-state index in [1.54, 1.807) is 31.9 Å². The number of rotatable bonds is 5. The lowest BCUT2D eigenvalue weighted by molar-refractivity contribution is -0.384. The highest BCUT2D eigenvalue weighted by Gasteiger charge is 2.23. The summed E-state index contributed by atoms with van der Waals surface area (Å²) in [6.45, 7) is 4.85. The van der Waals surface area contributed by atoms with Crippen LogP contribution in [0.15, 0.2) is 18.2 Å². The summed E-state index contributed by atoms with van der Waals surface area (Å²) >= 11 is 0. The van der Waals surface area contributed by atoms with Gasteiger partial charge >= 0.3 is 0 Å². The van der Waals surface area contributed by atoms with Gasteiger partial charge in [0, 0.05) is 25.2 Å². The minimum absolute atomic E-state index is 0.139. The van der Waals surface area contributed by atoms with Crippen LogP contribution in [0.3, 0.4) is 0 Å². The lowest BCUT2D eigenvalue weighted by atomic mass is 10.1. The second-order valence-corrected chi connectivity index (χ2v) is 5.19. The number of nitro groups is 1. The number of anilines is 1. The summed E-state index contributed by atoms with van der Waals surface area (Å²) in [5.74, 6) is -0.222. The van der Waals surface area contributed by atoms with Crippen molar-refractivity contribution in [3.8, 4) is 0 Å². The van der Waals surface area contributed by atoms with Crippen LogP contribution in [0, 0.1) is 10.1 Å². The number of Topliss-reactive ketones (excluding diaryl/α,β-unsaturated/α-hetero) is 1. The monoisotopic (exact) mass is 266 g/mol. The van der Waals surface area contributed by atoms with Crippen LogP contribution in [-0.4, -0.2) is 35.0 Å². The molecule has 1 aromatic carbocycles. The first kappa shape index (κ1) is 15.1. The maximum atomic E-state index is 11.3. The predicted molar refractivity (Wildman–Crippen MR) is 72.7 cm³/mol. The molecule has 0 aliphatic heterocycles. The van der Waals surface area contributed by atoms with Crippen LogP contribution >= 0.6 is 0 Å². The summed E-state index contributed by atoms with van der Waals surface area (Å²) in [4.78, 5) is 23.4. The van der Waals surface area contributed by atoms with E-state index in [4.69, 9.17) is 0 Å². The number of aliphatic hydroxyl groups is 1. The van der Waals surface area contributed by atoms with Crippen molar-refractivity contribution in [2.45, 2.75) is 26.4 Å². The first-order valence-electron chi connectivity index (χ1n) is 5.85. The maximum absolute atomic E-state index is 11.3. The number of nitrogens with zero attached hydrogens (tertiary/aromatic N) is 2. The van der Waals surface area contributed by atoms with Crippen LogP contribution < -0.4 is 4.90 Å². The number of carbonyl (C=O) groups excluding carboxylic acids is 1. The van der Waals surface area contributed by atoms with Gasteiger partial charge in [-0.15, -0.1) is 0 Å². The number of ketones is 1. The molecule has 6 nitrogen and oxygen atoms in total. The fourth-order valence-corrected chi connectivity index (χ4v) is 1.88. The summed E-state index contributed by atoms with van der Waals surface area (Å²) < 4.78 is 0. The number of likely N-dealkylation sites (N-methyl/N-ethyl adjacent to an activating group) is 1. The van der Waals surface area contributed by atoms with Gasteiger partial charge in [-0.1, -0.05) is 0 Å². The van der Waals surface area contributed by atoms with Crippen molar-refractivity contribution in [3.63, 3.8) is 0 Å². The van der Waals surface area contributed by atoms with Gasteiger partial charge in [0.25, 0.3) is 5.69 Å². The van der Waals surface area contributed by atoms with Gasteiger partial charge in [-0.05, 0) is 32.9 Å². The van der Waals surface area contributed by atoms with Gasteiger partial charge in [-0.25, -0.2) is 0 Å². The van der Waals surface area contributed by atoms with Crippen molar-refractivity contribution in [2.24, 2.45) is 0 Å². The zero-order valence-electron chi connectivity index (χ0n) is 11.5. The first-order chi connectivity index (χ1) is 8.61. The SMILES string of the molecule is CC(=O)c1ccc(N(C)CC(C)(C)O)c([N+](=O)[O-])c1. The van der Waals surface area contributed by atoms with E-state index in [1.165, 1.54) is 19.1 Å². The second-order valence-electron chi connectivity index (χ2n) is 5.19. The molecule has 0 aliphatic carbocycles. The zero-order valence-corrected chi connectivity index (χ0v) is 11.5. The van der Waals surface area contributed by atoms with Crippen molar-refractivity contribution in [3.05, 3.63) is 33.9 Å². The van der Waals surface area contributed by atoms with Gasteiger partial charge in [-0.3, -0.25) is 14.9 Å². The molecule has 0 amide bonds. The van der Waals surface area contributed by atoms with E-state index in [1.807, 2.05) is 0 Å². The van der Waals surface area contributed by atoms with E-state index in [2.05, 4.69) is 0 Å². The molecule has 0 unspecified atom stereocenters. The molecule has 0 aliphatic rings. The molecule has 0 saturated carbocycles. The molecule has 19 heavy (non-hydrogen) atoms. The molecule has 6 heteroatoms. The van der Waals surface area contributed by atoms with Gasteiger partial charge in [0.15, 0.2) is 5.78 Å². The Hall–Kier alpha value is -1.95. The van der Waals surface area contributed by atoms with Crippen molar-refractivity contribution >= 4 is 17.2 Å². The van der Waals surface area contributed by atoms with E-state index in [0.717, 1.165) is 0 Å². The first-order valence-corrected chi connectivity index (χ1v) is 5.85. The van der Waals surface area contributed by atoms with E-state index in [-0.39, 0.29) is 18.0 Å².